The van der Waals surface area contributed by atoms with Crippen LogP contribution in [0.5, 0.6) is 0 Å². The lowest BCUT2D eigenvalue weighted by atomic mass is 10.1. The molecular formula is C45H81O10P. The van der Waals surface area contributed by atoms with Crippen LogP contribution in [0.1, 0.15) is 187 Å². The summed E-state index contributed by atoms with van der Waals surface area (Å²) in [5.41, 5.74) is 0. The fraction of sp³-hybridized carbons (Fsp3) is 0.778. The Morgan fingerprint density at radius 2 is 0.786 bits per heavy atom. The van der Waals surface area contributed by atoms with Crippen LogP contribution >= 0.6 is 7.82 Å². The number of ether oxygens (including phenoxy) is 2. The molecule has 0 aromatic rings. The second-order valence-electron chi connectivity index (χ2n) is 14.7. The van der Waals surface area contributed by atoms with Crippen LogP contribution in [0.15, 0.2) is 48.6 Å². The maximum Gasteiger partial charge on any atom is 0.472 e. The van der Waals surface area contributed by atoms with E-state index in [-0.39, 0.29) is 12.8 Å². The Morgan fingerprint density at radius 3 is 1.14 bits per heavy atom. The van der Waals surface area contributed by atoms with E-state index in [4.69, 9.17) is 18.5 Å². The second-order valence-corrected chi connectivity index (χ2v) is 16.1. The Kier molecular flexibility index (Phi) is 39.6. The van der Waals surface area contributed by atoms with Gasteiger partial charge in [-0.2, -0.15) is 0 Å². The van der Waals surface area contributed by atoms with Crippen molar-refractivity contribution >= 4 is 19.8 Å². The first kappa shape index (κ1) is 53.9. The zero-order chi connectivity index (χ0) is 41.2. The topological polar surface area (TPSA) is 149 Å². The van der Waals surface area contributed by atoms with Gasteiger partial charge in [0.2, 0.25) is 0 Å². The minimum atomic E-state index is -4.64. The SMILES string of the molecule is CCCCC/C=C\C/C=C\CCCCCCCC(=O)OC(CO)COP(=O)(O)OCC(CO)OC(=O)CCCCCCCCC/C=C\C/C=C\CCCCCC. The number of carbonyl (C=O) groups excluding carboxylic acids is 2. The minimum Gasteiger partial charge on any atom is -0.457 e. The first-order valence-electron chi connectivity index (χ1n) is 22.1. The van der Waals surface area contributed by atoms with Crippen LogP contribution in [0.3, 0.4) is 0 Å². The van der Waals surface area contributed by atoms with E-state index in [2.05, 4.69) is 62.5 Å². The fourth-order valence-electron chi connectivity index (χ4n) is 5.82. The van der Waals surface area contributed by atoms with Crippen LogP contribution in [0.4, 0.5) is 0 Å². The minimum absolute atomic E-state index is 0.174. The molecule has 3 atom stereocenters. The summed E-state index contributed by atoms with van der Waals surface area (Å²) in [5.74, 6) is -1.04. The van der Waals surface area contributed by atoms with E-state index in [9.17, 15) is 29.3 Å². The lowest BCUT2D eigenvalue weighted by Gasteiger charge is -2.20. The third-order valence-electron chi connectivity index (χ3n) is 9.26. The molecule has 0 heterocycles. The van der Waals surface area contributed by atoms with E-state index in [1.54, 1.807) is 0 Å². The van der Waals surface area contributed by atoms with E-state index in [1.807, 2.05) is 0 Å². The summed E-state index contributed by atoms with van der Waals surface area (Å²) in [5, 5.41) is 19.2. The highest BCUT2D eigenvalue weighted by Gasteiger charge is 2.27. The number of unbranched alkanes of at least 4 members (excludes halogenated alkanes) is 19. The maximum absolute atomic E-state index is 12.4. The quantitative estimate of drug-likeness (QED) is 0.0236. The highest BCUT2D eigenvalue weighted by molar-refractivity contribution is 7.47. The third kappa shape index (κ3) is 38.8. The number of hydrogen-bond donors (Lipinski definition) is 3. The molecule has 0 bridgehead atoms. The number of phosphoric ester groups is 1. The van der Waals surface area contributed by atoms with Crippen molar-refractivity contribution in [2.24, 2.45) is 0 Å². The molecule has 0 aliphatic carbocycles. The highest BCUT2D eigenvalue weighted by Crippen LogP contribution is 2.43. The monoisotopic (exact) mass is 813 g/mol. The Labute approximate surface area is 341 Å². The van der Waals surface area contributed by atoms with Gasteiger partial charge in [0.1, 0.15) is 12.2 Å². The summed E-state index contributed by atoms with van der Waals surface area (Å²) in [6.45, 7) is 2.14. The van der Waals surface area contributed by atoms with Crippen molar-refractivity contribution < 1.29 is 47.8 Å². The number of rotatable bonds is 41. The van der Waals surface area contributed by atoms with Crippen molar-refractivity contribution in [3.05, 3.63) is 48.6 Å². The van der Waals surface area contributed by atoms with Crippen molar-refractivity contribution in [1.29, 1.82) is 0 Å². The van der Waals surface area contributed by atoms with Crippen molar-refractivity contribution in [2.75, 3.05) is 26.4 Å². The van der Waals surface area contributed by atoms with Gasteiger partial charge in [0.15, 0.2) is 0 Å². The molecule has 0 fully saturated rings. The third-order valence-corrected chi connectivity index (χ3v) is 10.2. The first-order chi connectivity index (χ1) is 27.3. The molecule has 0 saturated heterocycles. The molecule has 0 aromatic heterocycles. The van der Waals surface area contributed by atoms with Gasteiger partial charge in [-0.15, -0.1) is 0 Å². The molecule has 0 radical (unpaired) electrons. The fourth-order valence-corrected chi connectivity index (χ4v) is 6.61. The smallest absolute Gasteiger partial charge is 0.457 e. The normalized spacial score (nSPS) is 14.3. The molecule has 0 aliphatic heterocycles. The molecule has 0 aromatic carbocycles. The molecule has 10 nitrogen and oxygen atoms in total. The molecule has 0 rings (SSSR count). The lowest BCUT2D eigenvalue weighted by Crippen LogP contribution is -2.28. The molecule has 0 saturated carbocycles. The molecule has 0 aliphatic rings. The predicted molar refractivity (Wildman–Crippen MR) is 228 cm³/mol. The largest absolute Gasteiger partial charge is 0.472 e. The second kappa shape index (κ2) is 41.1. The first-order valence-corrected chi connectivity index (χ1v) is 23.6. The molecule has 0 spiro atoms. The molecular weight excluding hydrogens is 731 g/mol. The summed E-state index contributed by atoms with van der Waals surface area (Å²) in [6.07, 6.45) is 43.6. The summed E-state index contributed by atoms with van der Waals surface area (Å²) in [6, 6.07) is 0. The summed E-state index contributed by atoms with van der Waals surface area (Å²) >= 11 is 0. The molecule has 11 heteroatoms. The highest BCUT2D eigenvalue weighted by atomic mass is 31.2. The van der Waals surface area contributed by atoms with Crippen LogP contribution in [-0.4, -0.2) is 65.7 Å². The van der Waals surface area contributed by atoms with Gasteiger partial charge in [0.25, 0.3) is 0 Å². The lowest BCUT2D eigenvalue weighted by molar-refractivity contribution is -0.153. The zero-order valence-electron chi connectivity index (χ0n) is 35.3. The van der Waals surface area contributed by atoms with E-state index in [0.717, 1.165) is 77.0 Å². The Balaban J connectivity index is 3.95. The predicted octanol–water partition coefficient (Wildman–Crippen LogP) is 11.7. The van der Waals surface area contributed by atoms with Crippen molar-refractivity contribution in [2.45, 2.75) is 199 Å². The summed E-state index contributed by atoms with van der Waals surface area (Å²) in [7, 11) is -4.64. The number of carbonyl (C=O) groups is 2. The van der Waals surface area contributed by atoms with E-state index in [0.29, 0.717) is 12.8 Å². The van der Waals surface area contributed by atoms with Crippen LogP contribution in [0, 0.1) is 0 Å². The van der Waals surface area contributed by atoms with E-state index < -0.39 is 58.4 Å². The summed E-state index contributed by atoms with van der Waals surface area (Å²) in [4.78, 5) is 34.5. The Morgan fingerprint density at radius 1 is 0.482 bits per heavy atom. The number of esters is 2. The van der Waals surface area contributed by atoms with Gasteiger partial charge in [-0.05, 0) is 77.0 Å². The van der Waals surface area contributed by atoms with Crippen LogP contribution in [-0.2, 0) is 32.7 Å². The molecule has 56 heavy (non-hydrogen) atoms. The van der Waals surface area contributed by atoms with Gasteiger partial charge in [0, 0.05) is 12.8 Å². The van der Waals surface area contributed by atoms with Gasteiger partial charge in [0.05, 0.1) is 26.4 Å². The van der Waals surface area contributed by atoms with Gasteiger partial charge < -0.3 is 24.6 Å². The Bertz CT molecular complexity index is 1070. The van der Waals surface area contributed by atoms with Crippen LogP contribution < -0.4 is 0 Å². The summed E-state index contributed by atoms with van der Waals surface area (Å²) < 4.78 is 32.6. The average molecular weight is 813 g/mol. The van der Waals surface area contributed by atoms with Crippen molar-refractivity contribution in [3.63, 3.8) is 0 Å². The number of allylic oxidation sites excluding steroid dienone is 8. The number of hydrogen-bond acceptors (Lipinski definition) is 9. The van der Waals surface area contributed by atoms with Crippen molar-refractivity contribution in [1.82, 2.24) is 0 Å². The molecule has 326 valence electrons. The van der Waals surface area contributed by atoms with Gasteiger partial charge in [-0.3, -0.25) is 18.6 Å². The number of phosphoric acid groups is 1. The van der Waals surface area contributed by atoms with Gasteiger partial charge in [-0.25, -0.2) is 4.57 Å². The van der Waals surface area contributed by atoms with Crippen molar-refractivity contribution in [3.8, 4) is 0 Å². The maximum atomic E-state index is 12.4. The molecule has 3 N–H and O–H groups in total. The van der Waals surface area contributed by atoms with E-state index >= 15 is 0 Å². The Hall–Kier alpha value is -2.07. The number of aliphatic hydroxyl groups excluding tert-OH is 2. The van der Waals surface area contributed by atoms with Crippen LogP contribution in [0.2, 0.25) is 0 Å². The average Bonchev–Trinajstić information content (AvgIpc) is 3.19. The molecule has 0 amide bonds. The zero-order valence-corrected chi connectivity index (χ0v) is 36.2. The number of aliphatic hydroxyl groups is 2. The van der Waals surface area contributed by atoms with E-state index in [1.165, 1.54) is 70.6 Å². The van der Waals surface area contributed by atoms with Gasteiger partial charge in [-0.1, -0.05) is 146 Å². The molecule has 3 unspecified atom stereocenters. The van der Waals surface area contributed by atoms with Crippen LogP contribution in [0.25, 0.3) is 0 Å². The standard InChI is InChI=1S/C45H81O10P/c1-3-5-7-9-11-13-15-17-19-20-21-23-25-27-29-31-33-35-37-45(49)55-43(39-47)41-53-56(50,51)52-40-42(38-46)54-44(48)36-34-32-30-28-26-24-22-18-16-14-12-10-8-6-4-2/h12-15,18-20,22,42-43,46-47H,3-11,16-17,21,23-41H2,1-2H3,(H,50,51)/b14-12-,15-13-,20-19-,22-18-. The van der Waals surface area contributed by atoms with Gasteiger partial charge >= 0.3 is 19.8 Å².